The first-order chi connectivity index (χ1) is 12.7. The van der Waals surface area contributed by atoms with E-state index in [0.717, 1.165) is 5.39 Å². The molecule has 3 rings (SSSR count). The third-order valence-electron chi connectivity index (χ3n) is 3.96. The van der Waals surface area contributed by atoms with Gasteiger partial charge in [0.2, 0.25) is 0 Å². The molecule has 0 unspecified atom stereocenters. The van der Waals surface area contributed by atoms with Crippen LogP contribution < -0.4 is 11.1 Å². The topological polar surface area (TPSA) is 98.3 Å². The van der Waals surface area contributed by atoms with E-state index in [1.54, 1.807) is 36.4 Å². The van der Waals surface area contributed by atoms with Gasteiger partial charge in [-0.25, -0.2) is 0 Å². The standard InChI is InChI=1S/C18H12F3N3O3/c19-18(20,21)11-8-14(16(22)15(9-11)24(26)27)23-17(25)13-7-3-5-10-4-1-2-6-12(10)13/h1-9H,22H2,(H,23,25). The summed E-state index contributed by atoms with van der Waals surface area (Å²) in [7, 11) is 0. The lowest BCUT2D eigenvalue weighted by Gasteiger charge is -2.13. The molecule has 0 aliphatic carbocycles. The summed E-state index contributed by atoms with van der Waals surface area (Å²) >= 11 is 0. The Labute approximate surface area is 150 Å². The number of rotatable bonds is 3. The quantitative estimate of drug-likeness (QED) is 0.397. The van der Waals surface area contributed by atoms with E-state index in [0.29, 0.717) is 17.5 Å². The fourth-order valence-corrected chi connectivity index (χ4v) is 2.67. The van der Waals surface area contributed by atoms with E-state index in [4.69, 9.17) is 5.73 Å². The van der Waals surface area contributed by atoms with Crippen molar-refractivity contribution in [2.24, 2.45) is 0 Å². The van der Waals surface area contributed by atoms with Gasteiger partial charge < -0.3 is 11.1 Å². The number of halogens is 3. The number of carbonyl (C=O) groups excluding carboxylic acids is 1. The monoisotopic (exact) mass is 375 g/mol. The molecule has 9 heteroatoms. The van der Waals surface area contributed by atoms with Gasteiger partial charge in [-0.1, -0.05) is 36.4 Å². The predicted molar refractivity (Wildman–Crippen MR) is 94.4 cm³/mol. The fraction of sp³-hybridized carbons (Fsp3) is 0.0556. The third-order valence-corrected chi connectivity index (χ3v) is 3.96. The third kappa shape index (κ3) is 3.52. The van der Waals surface area contributed by atoms with Gasteiger partial charge in [0.05, 0.1) is 16.2 Å². The lowest BCUT2D eigenvalue weighted by atomic mass is 10.0. The van der Waals surface area contributed by atoms with E-state index >= 15 is 0 Å². The second-order valence-corrected chi connectivity index (χ2v) is 5.69. The van der Waals surface area contributed by atoms with Gasteiger partial charge in [-0.15, -0.1) is 0 Å². The summed E-state index contributed by atoms with van der Waals surface area (Å²) in [6.07, 6.45) is -4.84. The number of hydrogen-bond donors (Lipinski definition) is 2. The number of benzene rings is 3. The van der Waals surface area contributed by atoms with E-state index < -0.39 is 39.6 Å². The van der Waals surface area contributed by atoms with Gasteiger partial charge in [-0.2, -0.15) is 13.2 Å². The molecule has 3 N–H and O–H groups in total. The second-order valence-electron chi connectivity index (χ2n) is 5.69. The summed E-state index contributed by atoms with van der Waals surface area (Å²) < 4.78 is 39.1. The van der Waals surface area contributed by atoms with E-state index in [1.807, 2.05) is 0 Å². The Kier molecular flexibility index (Phi) is 4.44. The maximum absolute atomic E-state index is 13.0. The van der Waals surface area contributed by atoms with Crippen LogP contribution in [-0.4, -0.2) is 10.8 Å². The average molecular weight is 375 g/mol. The van der Waals surface area contributed by atoms with E-state index in [2.05, 4.69) is 5.32 Å². The minimum atomic E-state index is -4.84. The molecule has 3 aromatic rings. The summed E-state index contributed by atoms with van der Waals surface area (Å²) in [5.74, 6) is -0.730. The molecule has 6 nitrogen and oxygen atoms in total. The number of amides is 1. The van der Waals surface area contributed by atoms with Crippen molar-refractivity contribution in [1.82, 2.24) is 0 Å². The number of alkyl halides is 3. The van der Waals surface area contributed by atoms with Gasteiger partial charge in [0.15, 0.2) is 0 Å². The number of hydrogen-bond acceptors (Lipinski definition) is 4. The largest absolute Gasteiger partial charge is 0.416 e. The minimum Gasteiger partial charge on any atom is -0.391 e. The molecule has 1 amide bonds. The number of nitro groups is 1. The molecule has 0 bridgehead atoms. The maximum atomic E-state index is 13.0. The normalized spacial score (nSPS) is 11.4. The zero-order valence-electron chi connectivity index (χ0n) is 13.6. The van der Waals surface area contributed by atoms with Crippen LogP contribution >= 0.6 is 0 Å². The number of nitrogen functional groups attached to an aromatic ring is 1. The summed E-state index contributed by atoms with van der Waals surface area (Å²) in [6.45, 7) is 0. The Hall–Kier alpha value is -3.62. The number of anilines is 2. The Morgan fingerprint density at radius 2 is 1.74 bits per heavy atom. The molecule has 0 saturated carbocycles. The van der Waals surface area contributed by atoms with Gasteiger partial charge in [-0.3, -0.25) is 14.9 Å². The van der Waals surface area contributed by atoms with Crippen molar-refractivity contribution >= 4 is 33.7 Å². The molecule has 0 radical (unpaired) electrons. The highest BCUT2D eigenvalue weighted by Crippen LogP contribution is 2.38. The zero-order valence-corrected chi connectivity index (χ0v) is 13.6. The van der Waals surface area contributed by atoms with Crippen LogP contribution in [0.2, 0.25) is 0 Å². The van der Waals surface area contributed by atoms with Gasteiger partial charge >= 0.3 is 6.18 Å². The lowest BCUT2D eigenvalue weighted by molar-refractivity contribution is -0.384. The minimum absolute atomic E-state index is 0.201. The van der Waals surface area contributed by atoms with Crippen molar-refractivity contribution in [3.05, 3.63) is 75.8 Å². The summed E-state index contributed by atoms with van der Waals surface area (Å²) in [6, 6.07) is 12.7. The molecular weight excluding hydrogens is 363 g/mol. The molecule has 0 spiro atoms. The summed E-state index contributed by atoms with van der Waals surface area (Å²) in [5.41, 5.74) is 2.57. The predicted octanol–water partition coefficient (Wildman–Crippen LogP) is 4.60. The molecule has 0 aliphatic heterocycles. The number of nitrogens with one attached hydrogen (secondary N) is 1. The van der Waals surface area contributed by atoms with Crippen LogP contribution in [0.15, 0.2) is 54.6 Å². The molecule has 3 aromatic carbocycles. The SMILES string of the molecule is Nc1c(NC(=O)c2cccc3ccccc23)cc(C(F)(F)F)cc1[N+](=O)[O-]. The maximum Gasteiger partial charge on any atom is 0.416 e. The van der Waals surface area contributed by atoms with E-state index in [-0.39, 0.29) is 5.56 Å². The van der Waals surface area contributed by atoms with Crippen LogP contribution in [0.25, 0.3) is 10.8 Å². The van der Waals surface area contributed by atoms with Gasteiger partial charge in [0.1, 0.15) is 5.69 Å². The van der Waals surface area contributed by atoms with Crippen LogP contribution in [0.1, 0.15) is 15.9 Å². The van der Waals surface area contributed by atoms with Crippen molar-refractivity contribution in [2.75, 3.05) is 11.1 Å². The molecule has 0 aromatic heterocycles. The van der Waals surface area contributed by atoms with E-state index in [9.17, 15) is 28.1 Å². The Bertz CT molecular complexity index is 1060. The van der Waals surface area contributed by atoms with Crippen LogP contribution in [-0.2, 0) is 6.18 Å². The molecule has 0 fully saturated rings. The van der Waals surface area contributed by atoms with Gasteiger partial charge in [0, 0.05) is 11.6 Å². The number of carbonyl (C=O) groups is 1. The number of fused-ring (bicyclic) bond motifs is 1. The van der Waals surface area contributed by atoms with Crippen molar-refractivity contribution in [2.45, 2.75) is 6.18 Å². The molecule has 0 heterocycles. The van der Waals surface area contributed by atoms with Crippen molar-refractivity contribution in [3.63, 3.8) is 0 Å². The van der Waals surface area contributed by atoms with Crippen LogP contribution in [0.5, 0.6) is 0 Å². The van der Waals surface area contributed by atoms with Crippen molar-refractivity contribution in [1.29, 1.82) is 0 Å². The zero-order chi connectivity index (χ0) is 19.8. The lowest BCUT2D eigenvalue weighted by Crippen LogP contribution is -2.16. The first-order valence-corrected chi connectivity index (χ1v) is 7.62. The molecule has 0 aliphatic rings. The fourth-order valence-electron chi connectivity index (χ4n) is 2.67. The molecular formula is C18H12F3N3O3. The summed E-state index contributed by atoms with van der Waals surface area (Å²) in [5, 5.41) is 14.6. The number of nitrogens with zero attached hydrogens (tertiary/aromatic N) is 1. The molecule has 0 saturated heterocycles. The molecule has 27 heavy (non-hydrogen) atoms. The highest BCUT2D eigenvalue weighted by Gasteiger charge is 2.34. The first-order valence-electron chi connectivity index (χ1n) is 7.62. The van der Waals surface area contributed by atoms with E-state index in [1.165, 1.54) is 6.07 Å². The Morgan fingerprint density at radius 1 is 1.07 bits per heavy atom. The number of nitrogens with two attached hydrogens (primary N) is 1. The highest BCUT2D eigenvalue weighted by atomic mass is 19.4. The Balaban J connectivity index is 2.07. The first kappa shape index (κ1) is 18.2. The number of nitro benzene ring substituents is 1. The van der Waals surface area contributed by atoms with Gasteiger partial charge in [0.25, 0.3) is 11.6 Å². The molecule has 0 atom stereocenters. The average Bonchev–Trinajstić information content (AvgIpc) is 2.61. The Morgan fingerprint density at radius 3 is 2.41 bits per heavy atom. The molecule has 138 valence electrons. The van der Waals surface area contributed by atoms with Crippen molar-refractivity contribution < 1.29 is 22.9 Å². The summed E-state index contributed by atoms with van der Waals surface area (Å²) in [4.78, 5) is 22.6. The second kappa shape index (κ2) is 6.60. The van der Waals surface area contributed by atoms with Gasteiger partial charge in [-0.05, 0) is 22.9 Å². The van der Waals surface area contributed by atoms with Crippen LogP contribution in [0.4, 0.5) is 30.2 Å². The van der Waals surface area contributed by atoms with Crippen LogP contribution in [0.3, 0.4) is 0 Å². The van der Waals surface area contributed by atoms with Crippen molar-refractivity contribution in [3.8, 4) is 0 Å². The van der Waals surface area contributed by atoms with Crippen LogP contribution in [0, 0.1) is 10.1 Å². The smallest absolute Gasteiger partial charge is 0.391 e. The highest BCUT2D eigenvalue weighted by molar-refractivity contribution is 6.14.